The van der Waals surface area contributed by atoms with E-state index in [1.165, 1.54) is 65.0 Å². The molecular formula is C38H31BO2. The Hall–Kier alpha value is -4.18. The van der Waals surface area contributed by atoms with Crippen LogP contribution in [0.2, 0.25) is 0 Å². The second-order valence-corrected chi connectivity index (χ2v) is 12.4. The molecule has 7 aromatic carbocycles. The second kappa shape index (κ2) is 8.66. The summed E-state index contributed by atoms with van der Waals surface area (Å²) in [5.41, 5.74) is 2.72. The van der Waals surface area contributed by atoms with Crippen molar-refractivity contribution in [2.24, 2.45) is 0 Å². The molecule has 8 rings (SSSR count). The first kappa shape index (κ1) is 24.6. The molecule has 0 N–H and O–H groups in total. The van der Waals surface area contributed by atoms with Gasteiger partial charge < -0.3 is 9.31 Å². The van der Waals surface area contributed by atoms with Crippen LogP contribution in [0.5, 0.6) is 0 Å². The maximum absolute atomic E-state index is 6.50. The fraction of sp³-hybridized carbons (Fsp3) is 0.158. The lowest BCUT2D eigenvalue weighted by atomic mass is 9.77. The lowest BCUT2D eigenvalue weighted by molar-refractivity contribution is 0.00578. The van der Waals surface area contributed by atoms with Crippen molar-refractivity contribution in [2.45, 2.75) is 38.9 Å². The molecule has 1 fully saturated rings. The minimum absolute atomic E-state index is 0.394. The molecule has 0 amide bonds. The largest absolute Gasteiger partial charge is 0.494 e. The van der Waals surface area contributed by atoms with Gasteiger partial charge in [-0.05, 0) is 104 Å². The number of benzene rings is 7. The molecule has 3 heteroatoms. The maximum Gasteiger partial charge on any atom is 0.494 e. The molecule has 2 nitrogen and oxygen atoms in total. The summed E-state index contributed by atoms with van der Waals surface area (Å²) in [4.78, 5) is 0. The summed E-state index contributed by atoms with van der Waals surface area (Å²) in [6.07, 6.45) is 0. The summed E-state index contributed by atoms with van der Waals surface area (Å²) < 4.78 is 13.0. The van der Waals surface area contributed by atoms with E-state index in [1.54, 1.807) is 0 Å². The number of hydrogen-bond donors (Lipinski definition) is 0. The lowest BCUT2D eigenvalue weighted by Crippen LogP contribution is -2.41. The van der Waals surface area contributed by atoms with Crippen LogP contribution in [0.1, 0.15) is 27.7 Å². The first-order valence-corrected chi connectivity index (χ1v) is 14.5. The van der Waals surface area contributed by atoms with E-state index >= 15 is 0 Å². The van der Waals surface area contributed by atoms with Crippen molar-refractivity contribution in [2.75, 3.05) is 0 Å². The Morgan fingerprint density at radius 2 is 0.878 bits per heavy atom. The molecule has 0 aromatic heterocycles. The number of rotatable bonds is 2. The third kappa shape index (κ3) is 3.59. The fourth-order valence-electron chi connectivity index (χ4n) is 6.63. The van der Waals surface area contributed by atoms with Crippen molar-refractivity contribution in [1.29, 1.82) is 0 Å². The molecule has 0 radical (unpaired) electrons. The Labute approximate surface area is 240 Å². The monoisotopic (exact) mass is 530 g/mol. The van der Waals surface area contributed by atoms with E-state index in [0.717, 1.165) is 5.46 Å². The van der Waals surface area contributed by atoms with Gasteiger partial charge in [-0.1, -0.05) is 109 Å². The van der Waals surface area contributed by atoms with Crippen LogP contribution in [-0.4, -0.2) is 18.3 Å². The van der Waals surface area contributed by atoms with E-state index < -0.39 is 18.3 Å². The molecule has 1 heterocycles. The molecule has 0 atom stereocenters. The predicted molar refractivity (Wildman–Crippen MR) is 175 cm³/mol. The quantitative estimate of drug-likeness (QED) is 0.164. The van der Waals surface area contributed by atoms with E-state index in [2.05, 4.69) is 143 Å². The van der Waals surface area contributed by atoms with Crippen molar-refractivity contribution in [3.63, 3.8) is 0 Å². The molecule has 7 aromatic rings. The summed E-state index contributed by atoms with van der Waals surface area (Å²) in [7, 11) is -0.415. The topological polar surface area (TPSA) is 18.5 Å². The van der Waals surface area contributed by atoms with Gasteiger partial charge >= 0.3 is 7.12 Å². The molecule has 1 aliphatic rings. The third-order valence-electron chi connectivity index (χ3n) is 9.46. The van der Waals surface area contributed by atoms with Crippen molar-refractivity contribution in [1.82, 2.24) is 0 Å². The van der Waals surface area contributed by atoms with Gasteiger partial charge in [-0.15, -0.1) is 0 Å². The highest BCUT2D eigenvalue weighted by Crippen LogP contribution is 2.45. The van der Waals surface area contributed by atoms with Crippen LogP contribution in [0.15, 0.2) is 115 Å². The average molecular weight is 530 g/mol. The zero-order chi connectivity index (χ0) is 27.9. The highest BCUT2D eigenvalue weighted by atomic mass is 16.7. The van der Waals surface area contributed by atoms with Crippen molar-refractivity contribution >= 4 is 66.4 Å². The number of hydrogen-bond acceptors (Lipinski definition) is 2. The van der Waals surface area contributed by atoms with Gasteiger partial charge in [0.05, 0.1) is 11.2 Å². The van der Waals surface area contributed by atoms with Crippen LogP contribution in [0.3, 0.4) is 0 Å². The molecule has 198 valence electrons. The van der Waals surface area contributed by atoms with Crippen molar-refractivity contribution < 1.29 is 9.31 Å². The zero-order valence-electron chi connectivity index (χ0n) is 23.9. The highest BCUT2D eigenvalue weighted by Gasteiger charge is 2.51. The van der Waals surface area contributed by atoms with Gasteiger partial charge in [-0.3, -0.25) is 0 Å². The van der Waals surface area contributed by atoms with E-state index in [0.29, 0.717) is 0 Å². The van der Waals surface area contributed by atoms with Crippen molar-refractivity contribution in [3.05, 3.63) is 115 Å². The smallest absolute Gasteiger partial charge is 0.399 e. The first-order chi connectivity index (χ1) is 19.8. The molecule has 41 heavy (non-hydrogen) atoms. The second-order valence-electron chi connectivity index (χ2n) is 12.4. The minimum Gasteiger partial charge on any atom is -0.399 e. The summed E-state index contributed by atoms with van der Waals surface area (Å²) in [5.74, 6) is 0. The van der Waals surface area contributed by atoms with Crippen LogP contribution < -0.4 is 5.46 Å². The normalized spacial score (nSPS) is 16.4. The van der Waals surface area contributed by atoms with Crippen molar-refractivity contribution in [3.8, 4) is 11.1 Å². The van der Waals surface area contributed by atoms with Gasteiger partial charge in [0.2, 0.25) is 0 Å². The summed E-state index contributed by atoms with van der Waals surface area (Å²) in [6.45, 7) is 8.45. The lowest BCUT2D eigenvalue weighted by Gasteiger charge is -2.32. The van der Waals surface area contributed by atoms with E-state index in [1.807, 2.05) is 0 Å². The molecule has 0 unspecified atom stereocenters. The maximum atomic E-state index is 6.50. The van der Waals surface area contributed by atoms with Gasteiger partial charge in [0.25, 0.3) is 0 Å². The van der Waals surface area contributed by atoms with Gasteiger partial charge in [0, 0.05) is 0 Å². The Morgan fingerprint density at radius 1 is 0.415 bits per heavy atom. The zero-order valence-corrected chi connectivity index (χ0v) is 23.9. The van der Waals surface area contributed by atoms with Gasteiger partial charge in [-0.2, -0.15) is 0 Å². The van der Waals surface area contributed by atoms with E-state index in [-0.39, 0.29) is 0 Å². The predicted octanol–water partition coefficient (Wildman–Crippen LogP) is 9.42. The molecule has 0 bridgehead atoms. The molecule has 1 aliphatic heterocycles. The summed E-state index contributed by atoms with van der Waals surface area (Å²) in [5, 5.41) is 12.7. The standard InChI is InChI=1S/C38H31BO2/c1-37(2)38(3,4)41-39(40-37)26-19-21-30-29-20-18-25(24-12-6-5-7-13-24)22-33(29)35-31-16-10-8-14-27(31)28-15-9-11-17-32(28)36(35)34(30)23-26/h5-23H,1-4H3. The van der Waals surface area contributed by atoms with Gasteiger partial charge in [0.1, 0.15) is 0 Å². The molecule has 1 saturated heterocycles. The molecule has 0 aliphatic carbocycles. The van der Waals surface area contributed by atoms with Crippen LogP contribution in [0.25, 0.3) is 65.0 Å². The SMILES string of the molecule is CC1(C)OB(c2ccc3c4ccc(-c5ccccc5)cc4c4c5ccccc5c5ccccc5c4c3c2)OC1(C)C. The molecule has 0 spiro atoms. The summed E-state index contributed by atoms with van der Waals surface area (Å²) >= 11 is 0. The first-order valence-electron chi connectivity index (χ1n) is 14.5. The Morgan fingerprint density at radius 3 is 1.46 bits per heavy atom. The Balaban J connectivity index is 1.54. The number of fused-ring (bicyclic) bond motifs is 11. The van der Waals surface area contributed by atoms with Gasteiger partial charge in [0.15, 0.2) is 0 Å². The molecular weight excluding hydrogens is 499 g/mol. The van der Waals surface area contributed by atoms with Crippen LogP contribution in [0, 0.1) is 0 Å². The van der Waals surface area contributed by atoms with Crippen LogP contribution in [0.4, 0.5) is 0 Å². The van der Waals surface area contributed by atoms with E-state index in [9.17, 15) is 0 Å². The Bertz CT molecular complexity index is 2150. The average Bonchev–Trinajstić information content (AvgIpc) is 3.22. The van der Waals surface area contributed by atoms with Crippen LogP contribution in [-0.2, 0) is 9.31 Å². The van der Waals surface area contributed by atoms with Gasteiger partial charge in [-0.25, -0.2) is 0 Å². The van der Waals surface area contributed by atoms with Crippen LogP contribution >= 0.6 is 0 Å². The fourth-order valence-corrected chi connectivity index (χ4v) is 6.63. The minimum atomic E-state index is -0.415. The summed E-state index contributed by atoms with van der Waals surface area (Å²) in [6, 6.07) is 42.1. The molecule has 0 saturated carbocycles. The van der Waals surface area contributed by atoms with E-state index in [4.69, 9.17) is 9.31 Å². The Kier molecular flexibility index (Phi) is 5.20. The third-order valence-corrected chi connectivity index (χ3v) is 9.46. The highest BCUT2D eigenvalue weighted by molar-refractivity contribution is 6.62.